The molecule has 1 saturated heterocycles. The normalized spacial score (nSPS) is 17.5. The molecule has 1 aromatic carbocycles. The largest absolute Gasteiger partial charge is 0.507 e. The maximum atomic E-state index is 11.8. The number of esters is 1. The lowest BCUT2D eigenvalue weighted by atomic mass is 10.2. The van der Waals surface area contributed by atoms with Gasteiger partial charge in [0.1, 0.15) is 11.3 Å². The van der Waals surface area contributed by atoms with E-state index < -0.39 is 18.5 Å². The van der Waals surface area contributed by atoms with E-state index in [9.17, 15) is 14.7 Å². The third-order valence-electron chi connectivity index (χ3n) is 3.06. The van der Waals surface area contributed by atoms with Crippen molar-refractivity contribution >= 4 is 27.8 Å². The van der Waals surface area contributed by atoms with E-state index in [0.29, 0.717) is 11.0 Å². The van der Waals surface area contributed by atoms with Crippen LogP contribution < -0.4 is 5.32 Å². The van der Waals surface area contributed by atoms with Crippen molar-refractivity contribution in [1.82, 2.24) is 5.32 Å². The summed E-state index contributed by atoms with van der Waals surface area (Å²) in [6.45, 7) is 0.744. The average Bonchev–Trinajstić information content (AvgIpc) is 2.98. The third-order valence-corrected chi connectivity index (χ3v) is 3.56. The number of benzene rings is 1. The molecule has 2 N–H and O–H groups in total. The van der Waals surface area contributed by atoms with E-state index in [1.165, 1.54) is 12.1 Å². The first-order valence-electron chi connectivity index (χ1n) is 6.60. The first-order chi connectivity index (χ1) is 10.1. The van der Waals surface area contributed by atoms with Crippen molar-refractivity contribution in [3.8, 4) is 5.75 Å². The summed E-state index contributed by atoms with van der Waals surface area (Å²) in [4.78, 5) is 23.3. The van der Waals surface area contributed by atoms with Gasteiger partial charge in [-0.15, -0.1) is 0 Å². The lowest BCUT2D eigenvalue weighted by molar-refractivity contribution is -0.124. The summed E-state index contributed by atoms with van der Waals surface area (Å²) in [7, 11) is 0. The first kappa shape index (κ1) is 15.8. The smallest absolute Gasteiger partial charge is 0.342 e. The number of aromatic hydroxyl groups is 1. The molecule has 0 spiro atoms. The fraction of sp³-hybridized carbons (Fsp3) is 0.429. The minimum atomic E-state index is -0.749. The fourth-order valence-electron chi connectivity index (χ4n) is 1.96. The zero-order chi connectivity index (χ0) is 15.2. The van der Waals surface area contributed by atoms with Gasteiger partial charge in [-0.1, -0.05) is 15.9 Å². The van der Waals surface area contributed by atoms with E-state index in [-0.39, 0.29) is 17.4 Å². The van der Waals surface area contributed by atoms with Gasteiger partial charge in [0.25, 0.3) is 5.91 Å². The molecule has 0 aromatic heterocycles. The molecular formula is C14H16BrNO5. The summed E-state index contributed by atoms with van der Waals surface area (Å²) in [6.07, 6.45) is 1.96. The Labute approximate surface area is 130 Å². The van der Waals surface area contributed by atoms with Gasteiger partial charge >= 0.3 is 5.97 Å². The molecule has 1 heterocycles. The van der Waals surface area contributed by atoms with E-state index in [0.717, 1.165) is 19.4 Å². The second kappa shape index (κ2) is 7.42. The predicted octanol–water partition coefficient (Wildman–Crippen LogP) is 1.61. The topological polar surface area (TPSA) is 84.9 Å². The molecule has 21 heavy (non-hydrogen) atoms. The Morgan fingerprint density at radius 3 is 3.00 bits per heavy atom. The van der Waals surface area contributed by atoms with Crippen LogP contribution in [-0.2, 0) is 14.3 Å². The van der Waals surface area contributed by atoms with Crippen molar-refractivity contribution < 1.29 is 24.2 Å². The maximum Gasteiger partial charge on any atom is 0.342 e. The van der Waals surface area contributed by atoms with Crippen LogP contribution in [-0.4, -0.2) is 42.8 Å². The van der Waals surface area contributed by atoms with Crippen molar-refractivity contribution in [3.05, 3.63) is 28.2 Å². The Morgan fingerprint density at radius 1 is 1.48 bits per heavy atom. The molecule has 1 amide bonds. The lowest BCUT2D eigenvalue weighted by Gasteiger charge is -2.11. The molecule has 0 bridgehead atoms. The van der Waals surface area contributed by atoms with Crippen molar-refractivity contribution in [1.29, 1.82) is 0 Å². The molecule has 6 nitrogen and oxygen atoms in total. The van der Waals surface area contributed by atoms with Crippen LogP contribution in [0.1, 0.15) is 23.2 Å². The van der Waals surface area contributed by atoms with Gasteiger partial charge in [-0.25, -0.2) is 4.79 Å². The number of nitrogens with one attached hydrogen (secondary N) is 1. The summed E-state index contributed by atoms with van der Waals surface area (Å²) in [5.74, 6) is -1.34. The molecule has 1 aliphatic heterocycles. The molecule has 1 aliphatic rings. The number of amides is 1. The number of halogens is 1. The summed E-state index contributed by atoms with van der Waals surface area (Å²) in [5.41, 5.74) is 0.0105. The van der Waals surface area contributed by atoms with Gasteiger partial charge in [0, 0.05) is 17.6 Å². The van der Waals surface area contributed by atoms with Crippen molar-refractivity contribution in [2.24, 2.45) is 0 Å². The zero-order valence-corrected chi connectivity index (χ0v) is 12.9. The molecular weight excluding hydrogens is 342 g/mol. The highest BCUT2D eigenvalue weighted by Gasteiger charge is 2.18. The first-order valence-corrected chi connectivity index (χ1v) is 7.39. The Hall–Kier alpha value is -1.60. The standard InChI is InChI=1S/C14H16BrNO5/c15-9-3-4-12(17)11(6-9)14(19)21-8-13(18)16-7-10-2-1-5-20-10/h3-4,6,10,17H,1-2,5,7-8H2,(H,16,18). The van der Waals surface area contributed by atoms with Crippen LogP contribution in [0.25, 0.3) is 0 Å². The fourth-order valence-corrected chi connectivity index (χ4v) is 2.33. The maximum absolute atomic E-state index is 11.8. The summed E-state index contributed by atoms with van der Waals surface area (Å²) in [6, 6.07) is 4.40. The van der Waals surface area contributed by atoms with Crippen LogP contribution in [0.15, 0.2) is 22.7 Å². The highest BCUT2D eigenvalue weighted by molar-refractivity contribution is 9.10. The average molecular weight is 358 g/mol. The minimum Gasteiger partial charge on any atom is -0.507 e. The monoisotopic (exact) mass is 357 g/mol. The van der Waals surface area contributed by atoms with Crippen molar-refractivity contribution in [3.63, 3.8) is 0 Å². The number of carbonyl (C=O) groups excluding carboxylic acids is 2. The molecule has 1 fully saturated rings. The number of phenolic OH excluding ortho intramolecular Hbond substituents is 1. The Balaban J connectivity index is 1.77. The molecule has 7 heteroatoms. The van der Waals surface area contributed by atoms with E-state index in [2.05, 4.69) is 21.2 Å². The van der Waals surface area contributed by atoms with Crippen LogP contribution >= 0.6 is 15.9 Å². The Morgan fingerprint density at radius 2 is 2.29 bits per heavy atom. The molecule has 114 valence electrons. The van der Waals surface area contributed by atoms with E-state index in [1.54, 1.807) is 6.07 Å². The van der Waals surface area contributed by atoms with Gasteiger partial charge in [-0.3, -0.25) is 4.79 Å². The van der Waals surface area contributed by atoms with Crippen molar-refractivity contribution in [2.75, 3.05) is 19.8 Å². The third kappa shape index (κ3) is 4.71. The molecule has 0 aliphatic carbocycles. The van der Waals surface area contributed by atoms with Crippen LogP contribution in [0, 0.1) is 0 Å². The van der Waals surface area contributed by atoms with Crippen LogP contribution in [0.4, 0.5) is 0 Å². The molecule has 1 atom stereocenters. The van der Waals surface area contributed by atoms with Crippen molar-refractivity contribution in [2.45, 2.75) is 18.9 Å². The molecule has 2 rings (SSSR count). The summed E-state index contributed by atoms with van der Waals surface area (Å²) < 4.78 is 10.9. The number of phenols is 1. The summed E-state index contributed by atoms with van der Waals surface area (Å²) in [5, 5.41) is 12.2. The molecule has 0 radical (unpaired) electrons. The van der Waals surface area contributed by atoms with Gasteiger partial charge < -0.3 is 19.9 Å². The van der Waals surface area contributed by atoms with Crippen LogP contribution in [0.2, 0.25) is 0 Å². The highest BCUT2D eigenvalue weighted by Crippen LogP contribution is 2.22. The number of hydrogen-bond donors (Lipinski definition) is 2. The Bertz CT molecular complexity index is 528. The number of hydrogen-bond acceptors (Lipinski definition) is 5. The van der Waals surface area contributed by atoms with Crippen LogP contribution in [0.3, 0.4) is 0 Å². The van der Waals surface area contributed by atoms with Gasteiger partial charge in [-0.05, 0) is 31.0 Å². The molecule has 1 unspecified atom stereocenters. The summed E-state index contributed by atoms with van der Waals surface area (Å²) >= 11 is 3.20. The van der Waals surface area contributed by atoms with Gasteiger partial charge in [-0.2, -0.15) is 0 Å². The number of ether oxygens (including phenoxy) is 2. The second-order valence-corrected chi connectivity index (χ2v) is 5.59. The minimum absolute atomic E-state index is 0.0105. The molecule has 0 saturated carbocycles. The van der Waals surface area contributed by atoms with Crippen LogP contribution in [0.5, 0.6) is 5.75 Å². The highest BCUT2D eigenvalue weighted by atomic mass is 79.9. The quantitative estimate of drug-likeness (QED) is 0.782. The Kier molecular flexibility index (Phi) is 5.58. The predicted molar refractivity (Wildman–Crippen MR) is 78.1 cm³/mol. The van der Waals surface area contributed by atoms with Gasteiger partial charge in [0.2, 0.25) is 0 Å². The molecule has 1 aromatic rings. The van der Waals surface area contributed by atoms with E-state index >= 15 is 0 Å². The zero-order valence-electron chi connectivity index (χ0n) is 11.3. The lowest BCUT2D eigenvalue weighted by Crippen LogP contribution is -2.34. The SMILES string of the molecule is O=C(COC(=O)c1cc(Br)ccc1O)NCC1CCCO1. The van der Waals surface area contributed by atoms with E-state index in [4.69, 9.17) is 9.47 Å². The van der Waals surface area contributed by atoms with E-state index in [1.807, 2.05) is 0 Å². The number of carbonyl (C=O) groups is 2. The van der Waals surface area contributed by atoms with Gasteiger partial charge in [0.05, 0.1) is 6.10 Å². The van der Waals surface area contributed by atoms with Gasteiger partial charge in [0.15, 0.2) is 6.61 Å². The second-order valence-electron chi connectivity index (χ2n) is 4.68. The number of rotatable bonds is 5.